The molecular formula is C16H14Cl2N2O3. The Bertz CT molecular complexity index is 763. The quantitative estimate of drug-likeness (QED) is 0.864. The van der Waals surface area contributed by atoms with Gasteiger partial charge in [0.05, 0.1) is 21.3 Å². The van der Waals surface area contributed by atoms with Crippen LogP contribution in [0.2, 0.25) is 10.0 Å². The van der Waals surface area contributed by atoms with Gasteiger partial charge in [0.25, 0.3) is 11.8 Å². The Morgan fingerprint density at radius 2 is 1.87 bits per heavy atom. The molecule has 0 saturated heterocycles. The van der Waals surface area contributed by atoms with E-state index in [9.17, 15) is 9.59 Å². The second-order valence-electron chi connectivity index (χ2n) is 4.75. The highest BCUT2D eigenvalue weighted by Gasteiger charge is 2.14. The van der Waals surface area contributed by atoms with Crippen molar-refractivity contribution in [3.05, 3.63) is 57.6 Å². The smallest absolute Gasteiger partial charge is 0.262 e. The summed E-state index contributed by atoms with van der Waals surface area (Å²) in [6.07, 6.45) is 0. The number of ether oxygens (including phenoxy) is 1. The monoisotopic (exact) mass is 352 g/mol. The number of carbonyl (C=O) groups is 2. The summed E-state index contributed by atoms with van der Waals surface area (Å²) in [5, 5.41) is 3.28. The minimum Gasteiger partial charge on any atom is -0.483 e. The van der Waals surface area contributed by atoms with Crippen LogP contribution in [0.25, 0.3) is 0 Å². The number of hydrogen-bond acceptors (Lipinski definition) is 3. The molecule has 0 unspecified atom stereocenters. The molecule has 5 nitrogen and oxygen atoms in total. The lowest BCUT2D eigenvalue weighted by Crippen LogP contribution is -2.22. The van der Waals surface area contributed by atoms with Gasteiger partial charge in [0.2, 0.25) is 0 Å². The molecule has 0 saturated carbocycles. The van der Waals surface area contributed by atoms with Crippen LogP contribution in [0, 0.1) is 6.92 Å². The van der Waals surface area contributed by atoms with E-state index in [0.717, 1.165) is 5.56 Å². The van der Waals surface area contributed by atoms with E-state index < -0.39 is 11.8 Å². The molecule has 2 amide bonds. The topological polar surface area (TPSA) is 81.4 Å². The van der Waals surface area contributed by atoms with E-state index >= 15 is 0 Å². The van der Waals surface area contributed by atoms with Gasteiger partial charge in [-0.15, -0.1) is 0 Å². The first-order valence-electron chi connectivity index (χ1n) is 6.66. The zero-order valence-electron chi connectivity index (χ0n) is 12.2. The molecule has 7 heteroatoms. The van der Waals surface area contributed by atoms with E-state index in [0.29, 0.717) is 15.7 Å². The molecule has 0 aliphatic carbocycles. The molecule has 0 bridgehead atoms. The van der Waals surface area contributed by atoms with Gasteiger partial charge in [-0.25, -0.2) is 0 Å². The molecular weight excluding hydrogens is 339 g/mol. The van der Waals surface area contributed by atoms with Gasteiger partial charge < -0.3 is 15.8 Å². The Morgan fingerprint density at radius 3 is 2.57 bits per heavy atom. The van der Waals surface area contributed by atoms with Gasteiger partial charge in [0.1, 0.15) is 5.75 Å². The average molecular weight is 353 g/mol. The number of benzene rings is 2. The number of nitrogens with two attached hydrogens (primary N) is 1. The highest BCUT2D eigenvalue weighted by molar-refractivity contribution is 6.40. The zero-order valence-corrected chi connectivity index (χ0v) is 13.7. The maximum Gasteiger partial charge on any atom is 0.262 e. The number of para-hydroxylation sites is 1. The van der Waals surface area contributed by atoms with Crippen molar-refractivity contribution >= 4 is 40.7 Å². The second kappa shape index (κ2) is 7.35. The first-order valence-corrected chi connectivity index (χ1v) is 7.42. The predicted octanol–water partition coefficient (Wildman–Crippen LogP) is 3.42. The van der Waals surface area contributed by atoms with Gasteiger partial charge in [-0.3, -0.25) is 9.59 Å². The fourth-order valence-corrected chi connectivity index (χ4v) is 2.35. The third-order valence-electron chi connectivity index (χ3n) is 3.06. The van der Waals surface area contributed by atoms with Crippen molar-refractivity contribution in [1.29, 1.82) is 0 Å². The van der Waals surface area contributed by atoms with Crippen LogP contribution >= 0.6 is 23.2 Å². The minimum atomic E-state index is -0.634. The van der Waals surface area contributed by atoms with Crippen LogP contribution in [0.4, 0.5) is 5.69 Å². The van der Waals surface area contributed by atoms with Crippen molar-refractivity contribution in [1.82, 2.24) is 0 Å². The Labute approximate surface area is 143 Å². The number of hydrogen-bond donors (Lipinski definition) is 2. The highest BCUT2D eigenvalue weighted by atomic mass is 35.5. The number of amides is 2. The fourth-order valence-electron chi connectivity index (χ4n) is 1.89. The van der Waals surface area contributed by atoms with Gasteiger partial charge in [-0.1, -0.05) is 41.4 Å². The molecule has 0 heterocycles. The van der Waals surface area contributed by atoms with Gasteiger partial charge >= 0.3 is 0 Å². The number of rotatable bonds is 5. The van der Waals surface area contributed by atoms with Crippen molar-refractivity contribution < 1.29 is 14.3 Å². The predicted molar refractivity (Wildman–Crippen MR) is 90.3 cm³/mol. The SMILES string of the molecule is Cc1ccc(Cl)c(NC(=O)COc2ccccc2C(N)=O)c1Cl. The third kappa shape index (κ3) is 4.15. The summed E-state index contributed by atoms with van der Waals surface area (Å²) >= 11 is 12.2. The van der Waals surface area contributed by atoms with Crippen LogP contribution in [0.15, 0.2) is 36.4 Å². The average Bonchev–Trinajstić information content (AvgIpc) is 2.53. The van der Waals surface area contributed by atoms with E-state index in [4.69, 9.17) is 33.7 Å². The van der Waals surface area contributed by atoms with Crippen LogP contribution in [0.3, 0.4) is 0 Å². The molecule has 2 aromatic carbocycles. The molecule has 0 aliphatic rings. The fraction of sp³-hybridized carbons (Fsp3) is 0.125. The van der Waals surface area contributed by atoms with Gasteiger partial charge in [-0.2, -0.15) is 0 Å². The molecule has 0 aliphatic heterocycles. The standard InChI is InChI=1S/C16H14Cl2N2O3/c1-9-6-7-11(17)15(14(9)18)20-13(21)8-23-12-5-3-2-4-10(12)16(19)22/h2-7H,8H2,1H3,(H2,19,22)(H,20,21). The summed E-state index contributed by atoms with van der Waals surface area (Å²) in [6, 6.07) is 9.79. The Hall–Kier alpha value is -2.24. The number of aryl methyl sites for hydroxylation is 1. The first kappa shape index (κ1) is 17.1. The number of anilines is 1. The molecule has 2 aromatic rings. The summed E-state index contributed by atoms with van der Waals surface area (Å²) < 4.78 is 5.34. The summed E-state index contributed by atoms with van der Waals surface area (Å²) in [6.45, 7) is 1.48. The van der Waals surface area contributed by atoms with E-state index in [-0.39, 0.29) is 17.9 Å². The normalized spacial score (nSPS) is 10.2. The Balaban J connectivity index is 2.07. The molecule has 0 fully saturated rings. The molecule has 120 valence electrons. The largest absolute Gasteiger partial charge is 0.483 e. The highest BCUT2D eigenvalue weighted by Crippen LogP contribution is 2.32. The van der Waals surface area contributed by atoms with E-state index in [2.05, 4.69) is 5.32 Å². The first-order chi connectivity index (χ1) is 10.9. The molecule has 3 N–H and O–H groups in total. The van der Waals surface area contributed by atoms with Crippen molar-refractivity contribution in [3.8, 4) is 5.75 Å². The molecule has 0 aromatic heterocycles. The Morgan fingerprint density at radius 1 is 1.17 bits per heavy atom. The molecule has 0 atom stereocenters. The van der Waals surface area contributed by atoms with Crippen LogP contribution in [0.1, 0.15) is 15.9 Å². The van der Waals surface area contributed by atoms with Crippen molar-refractivity contribution in [2.45, 2.75) is 6.92 Å². The van der Waals surface area contributed by atoms with Crippen LogP contribution in [-0.4, -0.2) is 18.4 Å². The van der Waals surface area contributed by atoms with E-state index in [1.807, 2.05) is 0 Å². The lowest BCUT2D eigenvalue weighted by atomic mass is 10.2. The maximum absolute atomic E-state index is 12.0. The van der Waals surface area contributed by atoms with Crippen LogP contribution in [0.5, 0.6) is 5.75 Å². The summed E-state index contributed by atoms with van der Waals surface area (Å²) in [5.74, 6) is -0.860. The van der Waals surface area contributed by atoms with Gasteiger partial charge in [0, 0.05) is 0 Å². The lowest BCUT2D eigenvalue weighted by Gasteiger charge is -2.12. The summed E-state index contributed by atoms with van der Waals surface area (Å²) in [7, 11) is 0. The minimum absolute atomic E-state index is 0.201. The maximum atomic E-state index is 12.0. The number of carbonyl (C=O) groups excluding carboxylic acids is 2. The second-order valence-corrected chi connectivity index (χ2v) is 5.54. The number of halogens is 2. The van der Waals surface area contributed by atoms with E-state index in [1.54, 1.807) is 37.3 Å². The number of nitrogens with one attached hydrogen (secondary N) is 1. The summed E-state index contributed by atoms with van der Waals surface area (Å²) in [5.41, 5.74) is 6.56. The van der Waals surface area contributed by atoms with Crippen LogP contribution < -0.4 is 15.8 Å². The van der Waals surface area contributed by atoms with Gasteiger partial charge in [-0.05, 0) is 30.7 Å². The van der Waals surface area contributed by atoms with Crippen LogP contribution in [-0.2, 0) is 4.79 Å². The lowest BCUT2D eigenvalue weighted by molar-refractivity contribution is -0.118. The molecule has 23 heavy (non-hydrogen) atoms. The van der Waals surface area contributed by atoms with Crippen molar-refractivity contribution in [2.75, 3.05) is 11.9 Å². The van der Waals surface area contributed by atoms with E-state index in [1.165, 1.54) is 6.07 Å². The molecule has 2 rings (SSSR count). The third-order valence-corrected chi connectivity index (χ3v) is 3.86. The van der Waals surface area contributed by atoms with Gasteiger partial charge in [0.15, 0.2) is 6.61 Å². The Kier molecular flexibility index (Phi) is 5.47. The van der Waals surface area contributed by atoms with Crippen molar-refractivity contribution in [2.24, 2.45) is 5.73 Å². The molecule has 0 radical (unpaired) electrons. The molecule has 0 spiro atoms. The number of primary amides is 1. The summed E-state index contributed by atoms with van der Waals surface area (Å²) in [4.78, 5) is 23.3. The zero-order chi connectivity index (χ0) is 17.0. The van der Waals surface area contributed by atoms with Crippen molar-refractivity contribution in [3.63, 3.8) is 0 Å².